The molecule has 0 aliphatic rings. The molecule has 0 unspecified atom stereocenters. The fourth-order valence-electron chi connectivity index (χ4n) is 1.63. The van der Waals surface area contributed by atoms with Gasteiger partial charge in [0.25, 0.3) is 0 Å². The average molecular weight is 246 g/mol. The second-order valence-corrected chi connectivity index (χ2v) is 5.56. The molecule has 0 saturated carbocycles. The van der Waals surface area contributed by atoms with Gasteiger partial charge in [-0.1, -0.05) is 26.0 Å². The van der Waals surface area contributed by atoms with Gasteiger partial charge in [0.15, 0.2) is 0 Å². The lowest BCUT2D eigenvalue weighted by Crippen LogP contribution is -1.92. The minimum absolute atomic E-state index is 0.603. The molecular formula is C14H18N2S. The number of nitrogens with zero attached hydrogens (tertiary/aromatic N) is 2. The summed E-state index contributed by atoms with van der Waals surface area (Å²) in [5.74, 6) is 1.57. The molecule has 0 N–H and O–H groups in total. The van der Waals surface area contributed by atoms with Crippen LogP contribution < -0.4 is 0 Å². The standard InChI is InChI=1S/C14H18N2S/c1-11(2)12-4-6-14(7-5-12)17-9-13-8-15-10-16(13)3/h4-8,10-11H,9H2,1-3H3. The van der Waals surface area contributed by atoms with Gasteiger partial charge in [-0.25, -0.2) is 4.98 Å². The van der Waals surface area contributed by atoms with Crippen molar-refractivity contribution >= 4 is 11.8 Å². The predicted octanol–water partition coefficient (Wildman–Crippen LogP) is 3.84. The van der Waals surface area contributed by atoms with Gasteiger partial charge in [-0.15, -0.1) is 11.8 Å². The van der Waals surface area contributed by atoms with Crippen molar-refractivity contribution in [3.05, 3.63) is 48.0 Å². The van der Waals surface area contributed by atoms with Gasteiger partial charge < -0.3 is 4.57 Å². The molecule has 2 nitrogen and oxygen atoms in total. The molecule has 17 heavy (non-hydrogen) atoms. The van der Waals surface area contributed by atoms with Crippen molar-refractivity contribution in [2.24, 2.45) is 7.05 Å². The summed E-state index contributed by atoms with van der Waals surface area (Å²) in [7, 11) is 2.03. The van der Waals surface area contributed by atoms with Crippen molar-refractivity contribution in [2.75, 3.05) is 0 Å². The molecule has 3 heteroatoms. The van der Waals surface area contributed by atoms with E-state index in [4.69, 9.17) is 0 Å². The summed E-state index contributed by atoms with van der Waals surface area (Å²) in [4.78, 5) is 5.44. The monoisotopic (exact) mass is 246 g/mol. The van der Waals surface area contributed by atoms with Gasteiger partial charge in [-0.3, -0.25) is 0 Å². The second kappa shape index (κ2) is 5.41. The molecule has 0 bridgehead atoms. The lowest BCUT2D eigenvalue weighted by Gasteiger charge is -2.07. The van der Waals surface area contributed by atoms with Crippen molar-refractivity contribution in [2.45, 2.75) is 30.4 Å². The number of thioether (sulfide) groups is 1. The van der Waals surface area contributed by atoms with Crippen LogP contribution in [0.2, 0.25) is 0 Å². The molecular weight excluding hydrogens is 228 g/mol. The molecule has 90 valence electrons. The Bertz CT molecular complexity index is 471. The summed E-state index contributed by atoms with van der Waals surface area (Å²) >= 11 is 1.85. The van der Waals surface area contributed by atoms with Crippen LogP contribution >= 0.6 is 11.8 Å². The van der Waals surface area contributed by atoms with Crippen molar-refractivity contribution < 1.29 is 0 Å². The average Bonchev–Trinajstić information content (AvgIpc) is 2.73. The molecule has 0 spiro atoms. The minimum atomic E-state index is 0.603. The normalized spacial score (nSPS) is 11.1. The number of rotatable bonds is 4. The van der Waals surface area contributed by atoms with Gasteiger partial charge in [0.05, 0.1) is 6.33 Å². The zero-order valence-electron chi connectivity index (χ0n) is 10.6. The Morgan fingerprint density at radius 3 is 2.47 bits per heavy atom. The fraction of sp³-hybridized carbons (Fsp3) is 0.357. The lowest BCUT2D eigenvalue weighted by molar-refractivity contribution is 0.863. The van der Waals surface area contributed by atoms with Crippen LogP contribution in [0.3, 0.4) is 0 Å². The highest BCUT2D eigenvalue weighted by molar-refractivity contribution is 7.98. The van der Waals surface area contributed by atoms with Crippen molar-refractivity contribution in [3.63, 3.8) is 0 Å². The van der Waals surface area contributed by atoms with Crippen molar-refractivity contribution in [3.8, 4) is 0 Å². The number of benzene rings is 1. The molecule has 0 aliphatic carbocycles. The molecule has 1 aromatic carbocycles. The number of imidazole rings is 1. The largest absolute Gasteiger partial charge is 0.337 e. The van der Waals surface area contributed by atoms with Crippen molar-refractivity contribution in [1.82, 2.24) is 9.55 Å². The van der Waals surface area contributed by atoms with Crippen LogP contribution in [0.5, 0.6) is 0 Å². The molecule has 0 saturated heterocycles. The van der Waals surface area contributed by atoms with E-state index >= 15 is 0 Å². The summed E-state index contributed by atoms with van der Waals surface area (Å²) < 4.78 is 2.06. The molecule has 0 atom stereocenters. The van der Waals surface area contributed by atoms with E-state index in [9.17, 15) is 0 Å². The van der Waals surface area contributed by atoms with Crippen LogP contribution in [-0.2, 0) is 12.8 Å². The molecule has 1 aromatic heterocycles. The topological polar surface area (TPSA) is 17.8 Å². The van der Waals surface area contributed by atoms with E-state index in [2.05, 4.69) is 47.7 Å². The maximum absolute atomic E-state index is 4.12. The van der Waals surface area contributed by atoms with Crippen molar-refractivity contribution in [1.29, 1.82) is 0 Å². The van der Waals surface area contributed by atoms with E-state index < -0.39 is 0 Å². The molecule has 0 amide bonds. The van der Waals surface area contributed by atoms with Gasteiger partial charge in [0.1, 0.15) is 0 Å². The molecule has 2 rings (SSSR count). The third-order valence-corrected chi connectivity index (χ3v) is 3.90. The zero-order chi connectivity index (χ0) is 12.3. The van der Waals surface area contributed by atoms with E-state index in [-0.39, 0.29) is 0 Å². The summed E-state index contributed by atoms with van der Waals surface area (Å²) in [5.41, 5.74) is 2.65. The predicted molar refractivity (Wildman–Crippen MR) is 73.3 cm³/mol. The van der Waals surface area contributed by atoms with Crippen LogP contribution in [0.1, 0.15) is 31.0 Å². The quantitative estimate of drug-likeness (QED) is 0.763. The Labute approximate surface area is 107 Å². The van der Waals surface area contributed by atoms with Crippen LogP contribution in [0.4, 0.5) is 0 Å². The second-order valence-electron chi connectivity index (χ2n) is 4.51. The summed E-state index contributed by atoms with van der Waals surface area (Å²) in [5, 5.41) is 0. The summed E-state index contributed by atoms with van der Waals surface area (Å²) in [6, 6.07) is 8.85. The summed E-state index contributed by atoms with van der Waals surface area (Å²) in [6.07, 6.45) is 3.77. The number of aromatic nitrogens is 2. The fourth-order valence-corrected chi connectivity index (χ4v) is 2.55. The Kier molecular flexibility index (Phi) is 3.89. The maximum Gasteiger partial charge on any atom is 0.0945 e. The Balaban J connectivity index is 1.98. The Hall–Kier alpha value is -1.22. The van der Waals surface area contributed by atoms with E-state index in [1.807, 2.05) is 31.3 Å². The maximum atomic E-state index is 4.12. The van der Waals surface area contributed by atoms with E-state index in [0.29, 0.717) is 5.92 Å². The first-order chi connectivity index (χ1) is 8.16. The van der Waals surface area contributed by atoms with Gasteiger partial charge in [0, 0.05) is 29.6 Å². The SMILES string of the molecule is CC(C)c1ccc(SCc2cncn2C)cc1. The van der Waals surface area contributed by atoms with Crippen LogP contribution in [-0.4, -0.2) is 9.55 Å². The third kappa shape index (κ3) is 3.13. The van der Waals surface area contributed by atoms with E-state index in [0.717, 1.165) is 5.75 Å². The molecule has 0 radical (unpaired) electrons. The Morgan fingerprint density at radius 1 is 1.24 bits per heavy atom. The zero-order valence-corrected chi connectivity index (χ0v) is 11.4. The van der Waals surface area contributed by atoms with Crippen LogP contribution in [0.15, 0.2) is 41.7 Å². The van der Waals surface area contributed by atoms with E-state index in [1.54, 1.807) is 0 Å². The van der Waals surface area contributed by atoms with E-state index in [1.165, 1.54) is 16.2 Å². The summed E-state index contributed by atoms with van der Waals surface area (Å²) in [6.45, 7) is 4.44. The highest BCUT2D eigenvalue weighted by Gasteiger charge is 2.02. The highest BCUT2D eigenvalue weighted by Crippen LogP contribution is 2.24. The molecule has 1 heterocycles. The third-order valence-electron chi connectivity index (χ3n) is 2.85. The lowest BCUT2D eigenvalue weighted by atomic mass is 10.0. The number of aryl methyl sites for hydroxylation is 1. The van der Waals surface area contributed by atoms with Crippen LogP contribution in [0, 0.1) is 0 Å². The highest BCUT2D eigenvalue weighted by atomic mass is 32.2. The minimum Gasteiger partial charge on any atom is -0.337 e. The number of hydrogen-bond donors (Lipinski definition) is 0. The first kappa shape index (κ1) is 12.2. The first-order valence-electron chi connectivity index (χ1n) is 5.85. The van der Waals surface area contributed by atoms with Gasteiger partial charge in [0.2, 0.25) is 0 Å². The molecule has 2 aromatic rings. The van der Waals surface area contributed by atoms with Gasteiger partial charge in [-0.2, -0.15) is 0 Å². The van der Waals surface area contributed by atoms with Gasteiger partial charge >= 0.3 is 0 Å². The Morgan fingerprint density at radius 2 is 1.94 bits per heavy atom. The molecule has 0 aliphatic heterocycles. The molecule has 0 fully saturated rings. The first-order valence-corrected chi connectivity index (χ1v) is 6.83. The smallest absolute Gasteiger partial charge is 0.0945 e. The number of hydrogen-bond acceptors (Lipinski definition) is 2. The van der Waals surface area contributed by atoms with Gasteiger partial charge in [-0.05, 0) is 23.6 Å². The van der Waals surface area contributed by atoms with Crippen LogP contribution in [0.25, 0.3) is 0 Å².